The quantitative estimate of drug-likeness (QED) is 0.927. The zero-order valence-corrected chi connectivity index (χ0v) is 14.9. The number of nitrogens with one attached hydrogen (secondary N) is 1. The van der Waals surface area contributed by atoms with Crippen molar-refractivity contribution in [1.82, 2.24) is 15.2 Å². The summed E-state index contributed by atoms with van der Waals surface area (Å²) in [4.78, 5) is 20.7. The molecular formula is C17H27N3OS. The van der Waals surface area contributed by atoms with Crippen LogP contribution in [0, 0.1) is 18.3 Å². The number of aryl methyl sites for hydroxylation is 2. The first-order valence-electron chi connectivity index (χ1n) is 8.42. The van der Waals surface area contributed by atoms with Crippen LogP contribution in [0.3, 0.4) is 0 Å². The van der Waals surface area contributed by atoms with Gasteiger partial charge in [0.15, 0.2) is 0 Å². The zero-order chi connectivity index (χ0) is 15.9. The van der Waals surface area contributed by atoms with Crippen LogP contribution in [-0.2, 0) is 11.2 Å². The van der Waals surface area contributed by atoms with Crippen LogP contribution in [0.5, 0.6) is 0 Å². The third-order valence-corrected chi connectivity index (χ3v) is 7.05. The summed E-state index contributed by atoms with van der Waals surface area (Å²) in [7, 11) is 1.96. The van der Waals surface area contributed by atoms with Crippen LogP contribution >= 0.6 is 11.3 Å². The minimum absolute atomic E-state index is 0.129. The molecule has 1 aromatic heterocycles. The molecule has 2 aliphatic rings. The molecule has 0 bridgehead atoms. The van der Waals surface area contributed by atoms with E-state index in [1.54, 1.807) is 11.3 Å². The Hall–Kier alpha value is -0.940. The molecule has 4 nitrogen and oxygen atoms in total. The van der Waals surface area contributed by atoms with Gasteiger partial charge in [-0.05, 0) is 58.0 Å². The zero-order valence-electron chi connectivity index (χ0n) is 14.1. The Morgan fingerprint density at radius 2 is 2.18 bits per heavy atom. The topological polar surface area (TPSA) is 45.2 Å². The summed E-state index contributed by atoms with van der Waals surface area (Å²) >= 11 is 1.76. The molecule has 2 unspecified atom stereocenters. The Balaban J connectivity index is 1.69. The van der Waals surface area contributed by atoms with Gasteiger partial charge in [-0.2, -0.15) is 0 Å². The van der Waals surface area contributed by atoms with Crippen molar-refractivity contribution in [3.63, 3.8) is 0 Å². The summed E-state index contributed by atoms with van der Waals surface area (Å²) in [6.07, 6.45) is 4.37. The number of carbonyl (C=O) groups is 1. The SMILES string of the molecule is CCc1nc(C)c(C(C)N(C)C(=O)C2CC23CCNCC3)s1. The lowest BCUT2D eigenvalue weighted by Gasteiger charge is -2.28. The monoisotopic (exact) mass is 321 g/mol. The molecule has 22 heavy (non-hydrogen) atoms. The van der Waals surface area contributed by atoms with Crippen LogP contribution in [-0.4, -0.2) is 35.9 Å². The van der Waals surface area contributed by atoms with Crippen molar-refractivity contribution in [3.05, 3.63) is 15.6 Å². The third kappa shape index (κ3) is 2.69. The molecule has 3 rings (SSSR count). The van der Waals surface area contributed by atoms with Crippen LogP contribution in [0.2, 0.25) is 0 Å². The largest absolute Gasteiger partial charge is 0.338 e. The fourth-order valence-corrected chi connectivity index (χ4v) is 4.89. The number of carbonyl (C=O) groups excluding carboxylic acids is 1. The van der Waals surface area contributed by atoms with Gasteiger partial charge in [0.2, 0.25) is 5.91 Å². The van der Waals surface area contributed by atoms with E-state index in [0.717, 1.165) is 44.5 Å². The molecule has 1 aliphatic heterocycles. The number of nitrogens with zero attached hydrogens (tertiary/aromatic N) is 2. The minimum atomic E-state index is 0.129. The molecule has 0 radical (unpaired) electrons. The van der Waals surface area contributed by atoms with E-state index in [4.69, 9.17) is 0 Å². The van der Waals surface area contributed by atoms with E-state index >= 15 is 0 Å². The number of thiazole rings is 1. The van der Waals surface area contributed by atoms with Gasteiger partial charge in [-0.15, -0.1) is 11.3 Å². The molecular weight excluding hydrogens is 294 g/mol. The molecule has 122 valence electrons. The van der Waals surface area contributed by atoms with Crippen molar-refractivity contribution in [2.75, 3.05) is 20.1 Å². The number of rotatable bonds is 4. The average molecular weight is 321 g/mol. The molecule has 2 atom stereocenters. The van der Waals surface area contributed by atoms with Crippen LogP contribution < -0.4 is 5.32 Å². The molecule has 2 fully saturated rings. The first-order chi connectivity index (χ1) is 10.5. The van der Waals surface area contributed by atoms with Gasteiger partial charge in [-0.25, -0.2) is 4.98 Å². The molecule has 2 heterocycles. The van der Waals surface area contributed by atoms with Crippen molar-refractivity contribution in [1.29, 1.82) is 0 Å². The van der Waals surface area contributed by atoms with Crippen molar-refractivity contribution in [3.8, 4) is 0 Å². The van der Waals surface area contributed by atoms with Crippen molar-refractivity contribution in [2.45, 2.75) is 52.5 Å². The standard InChI is InChI=1S/C17H27N3OS/c1-5-14-19-11(2)15(22-14)12(3)20(4)16(21)13-10-17(13)6-8-18-9-7-17/h12-13,18H,5-10H2,1-4H3. The van der Waals surface area contributed by atoms with Gasteiger partial charge in [-0.3, -0.25) is 4.79 Å². The average Bonchev–Trinajstić information content (AvgIpc) is 3.07. The molecule has 1 saturated carbocycles. The first kappa shape index (κ1) is 15.9. The molecule has 1 aliphatic carbocycles. The van der Waals surface area contributed by atoms with E-state index in [2.05, 4.69) is 31.1 Å². The van der Waals surface area contributed by atoms with Gasteiger partial charge in [0, 0.05) is 17.8 Å². The number of aromatic nitrogens is 1. The number of hydrogen-bond donors (Lipinski definition) is 1. The summed E-state index contributed by atoms with van der Waals surface area (Å²) in [5.74, 6) is 0.584. The maximum atomic E-state index is 12.9. The van der Waals surface area contributed by atoms with Gasteiger partial charge in [-0.1, -0.05) is 6.92 Å². The summed E-state index contributed by atoms with van der Waals surface area (Å²) in [5.41, 5.74) is 1.40. The predicted molar refractivity (Wildman–Crippen MR) is 90.1 cm³/mol. The highest BCUT2D eigenvalue weighted by Crippen LogP contribution is 2.59. The molecule has 1 aromatic rings. The van der Waals surface area contributed by atoms with E-state index in [-0.39, 0.29) is 12.0 Å². The lowest BCUT2D eigenvalue weighted by atomic mass is 9.91. The third-order valence-electron chi connectivity index (χ3n) is 5.57. The normalized spacial score (nSPS) is 24.3. The number of piperidine rings is 1. The van der Waals surface area contributed by atoms with E-state index in [1.165, 1.54) is 9.88 Å². The van der Waals surface area contributed by atoms with Gasteiger partial charge in [0.25, 0.3) is 0 Å². The minimum Gasteiger partial charge on any atom is -0.338 e. The van der Waals surface area contributed by atoms with E-state index < -0.39 is 0 Å². The Morgan fingerprint density at radius 1 is 1.50 bits per heavy atom. The molecule has 5 heteroatoms. The molecule has 0 aromatic carbocycles. The Morgan fingerprint density at radius 3 is 2.77 bits per heavy atom. The second kappa shape index (κ2) is 5.93. The Kier molecular flexibility index (Phi) is 4.29. The first-order valence-corrected chi connectivity index (χ1v) is 9.24. The highest BCUT2D eigenvalue weighted by molar-refractivity contribution is 7.11. The molecule has 1 spiro atoms. The van der Waals surface area contributed by atoms with Crippen LogP contribution in [0.4, 0.5) is 0 Å². The maximum absolute atomic E-state index is 12.9. The predicted octanol–water partition coefficient (Wildman–Crippen LogP) is 2.92. The second-order valence-corrected chi connectivity index (χ2v) is 8.02. The lowest BCUT2D eigenvalue weighted by molar-refractivity contribution is -0.134. The summed E-state index contributed by atoms with van der Waals surface area (Å²) in [6, 6.07) is 0.129. The van der Waals surface area contributed by atoms with Gasteiger partial charge in [0.1, 0.15) is 0 Å². The van der Waals surface area contributed by atoms with Crippen molar-refractivity contribution < 1.29 is 4.79 Å². The second-order valence-electron chi connectivity index (χ2n) is 6.91. The van der Waals surface area contributed by atoms with E-state index in [1.807, 2.05) is 11.9 Å². The van der Waals surface area contributed by atoms with Crippen molar-refractivity contribution >= 4 is 17.2 Å². The fourth-order valence-electron chi connectivity index (χ4n) is 3.79. The summed E-state index contributed by atoms with van der Waals surface area (Å²) in [5, 5.41) is 4.57. The van der Waals surface area contributed by atoms with Crippen molar-refractivity contribution in [2.24, 2.45) is 11.3 Å². The summed E-state index contributed by atoms with van der Waals surface area (Å²) < 4.78 is 0. The highest BCUT2D eigenvalue weighted by atomic mass is 32.1. The lowest BCUT2D eigenvalue weighted by Crippen LogP contribution is -2.35. The van der Waals surface area contributed by atoms with Gasteiger partial charge in [0.05, 0.1) is 16.7 Å². The Labute approximate surface area is 137 Å². The van der Waals surface area contributed by atoms with Crippen LogP contribution in [0.25, 0.3) is 0 Å². The van der Waals surface area contributed by atoms with E-state index in [0.29, 0.717) is 11.3 Å². The van der Waals surface area contributed by atoms with Crippen LogP contribution in [0.1, 0.15) is 54.7 Å². The Bertz CT molecular complexity index is 562. The number of hydrogen-bond acceptors (Lipinski definition) is 4. The molecule has 1 N–H and O–H groups in total. The summed E-state index contributed by atoms with van der Waals surface area (Å²) in [6.45, 7) is 8.46. The number of amides is 1. The maximum Gasteiger partial charge on any atom is 0.226 e. The highest BCUT2D eigenvalue weighted by Gasteiger charge is 2.58. The fraction of sp³-hybridized carbons (Fsp3) is 0.765. The van der Waals surface area contributed by atoms with E-state index in [9.17, 15) is 4.79 Å². The molecule has 1 saturated heterocycles. The van der Waals surface area contributed by atoms with Gasteiger partial charge < -0.3 is 10.2 Å². The van der Waals surface area contributed by atoms with Gasteiger partial charge >= 0.3 is 0 Å². The smallest absolute Gasteiger partial charge is 0.226 e. The van der Waals surface area contributed by atoms with Crippen LogP contribution in [0.15, 0.2) is 0 Å². The molecule has 1 amide bonds.